The average molecular weight is 558 g/mol. The summed E-state index contributed by atoms with van der Waals surface area (Å²) in [5, 5.41) is 9.49. The van der Waals surface area contributed by atoms with E-state index in [0.29, 0.717) is 35.5 Å². The number of nitrogen functional groups attached to an aromatic ring is 1. The maximum absolute atomic E-state index is 12.0. The van der Waals surface area contributed by atoms with Gasteiger partial charge in [0.25, 0.3) is 16.4 Å². The van der Waals surface area contributed by atoms with Crippen molar-refractivity contribution in [2.75, 3.05) is 17.2 Å². The van der Waals surface area contributed by atoms with Crippen LogP contribution in [0.4, 0.5) is 11.4 Å². The number of rotatable bonds is 3. The first kappa shape index (κ1) is 27.5. The van der Waals surface area contributed by atoms with Crippen molar-refractivity contribution in [3.05, 3.63) is 82.0 Å². The Balaban J connectivity index is 0.000000173. The predicted molar refractivity (Wildman–Crippen MR) is 151 cm³/mol. The number of H-pyrrole nitrogens is 1. The fourth-order valence-corrected chi connectivity index (χ4v) is 6.34. The maximum Gasteiger partial charge on any atom is 0.372 e. The van der Waals surface area contributed by atoms with Gasteiger partial charge in [-0.1, -0.05) is 24.6 Å². The summed E-state index contributed by atoms with van der Waals surface area (Å²) >= 11 is 1.46. The van der Waals surface area contributed by atoms with E-state index in [0.717, 1.165) is 48.8 Å². The Labute approximate surface area is 227 Å². The maximum atomic E-state index is 12.0. The second kappa shape index (κ2) is 11.1. The molecule has 0 saturated carbocycles. The lowest BCUT2D eigenvalue weighted by Crippen LogP contribution is -2.44. The molecule has 12 heteroatoms. The quantitative estimate of drug-likeness (QED) is 0.218. The van der Waals surface area contributed by atoms with Crippen LogP contribution in [0.15, 0.2) is 32.6 Å². The van der Waals surface area contributed by atoms with Crippen molar-refractivity contribution in [1.29, 1.82) is 0 Å². The number of carbonyl (C=O) groups is 1. The van der Waals surface area contributed by atoms with Gasteiger partial charge in [0.15, 0.2) is 0 Å². The third-order valence-corrected chi connectivity index (χ3v) is 8.22. The van der Waals surface area contributed by atoms with Crippen LogP contribution in [0.2, 0.25) is 0 Å². The van der Waals surface area contributed by atoms with Crippen molar-refractivity contribution in [2.45, 2.75) is 51.6 Å². The minimum Gasteiger partial charge on any atom is -0.475 e. The molecule has 2 aromatic heterocycles. The summed E-state index contributed by atoms with van der Waals surface area (Å²) in [7, 11) is 0. The molecule has 0 saturated heterocycles. The Bertz CT molecular complexity index is 1650. The van der Waals surface area contributed by atoms with Gasteiger partial charge < -0.3 is 26.5 Å². The molecule has 200 valence electrons. The molecule has 38 heavy (non-hydrogen) atoms. The monoisotopic (exact) mass is 557 g/mol. The van der Waals surface area contributed by atoms with Crippen LogP contribution in [-0.4, -0.2) is 27.6 Å². The summed E-state index contributed by atoms with van der Waals surface area (Å²) in [6, 6.07) is 6.17. The van der Waals surface area contributed by atoms with Crippen LogP contribution in [0.5, 0.6) is 0 Å². The highest BCUT2D eigenvalue weighted by Gasteiger charge is 2.26. The number of carboxylic acid groups (broad SMARTS) is 1. The Morgan fingerprint density at radius 2 is 1.84 bits per heavy atom. The lowest BCUT2D eigenvalue weighted by Gasteiger charge is -2.31. The minimum absolute atomic E-state index is 0. The molecule has 1 aliphatic heterocycles. The van der Waals surface area contributed by atoms with E-state index < -0.39 is 16.8 Å². The SMILES string of the molecule is Cl.NCc1ccc2c(c1)CN(c1c(N)c(=O)c1=O)CC2.O=C(O)c1nc2sc3c(c2c(=O)[nH]1)CCCCC3. The standard InChI is InChI=1S/C14H15N3O2.C12H12N2O3S.ClH/c15-6-8-1-2-9-3-4-17(7-10(9)5-8)12-11(16)13(18)14(12)19;15-10-8-6-4-2-1-3-5-7(6)18-11(8)14-9(13-10)12(16)17;/h1-2,5H,3-4,6-7,15-16H2;1-5H2,(H,16,17)(H,13,14,15);1H. The van der Waals surface area contributed by atoms with Crippen molar-refractivity contribution >= 4 is 51.3 Å². The molecule has 6 N–H and O–H groups in total. The number of aromatic nitrogens is 2. The average Bonchev–Trinajstić information content (AvgIpc) is 3.10. The number of hydrogen-bond acceptors (Lipinski definition) is 9. The normalized spacial score (nSPS) is 14.6. The molecule has 10 nitrogen and oxygen atoms in total. The molecule has 3 heterocycles. The first-order valence-corrected chi connectivity index (χ1v) is 13.0. The smallest absolute Gasteiger partial charge is 0.372 e. The second-order valence-electron chi connectivity index (χ2n) is 9.36. The van der Waals surface area contributed by atoms with Gasteiger partial charge in [0, 0.05) is 24.5 Å². The van der Waals surface area contributed by atoms with E-state index in [1.807, 2.05) is 11.0 Å². The molecule has 6 rings (SSSR count). The molecule has 2 aliphatic rings. The Morgan fingerprint density at radius 1 is 1.08 bits per heavy atom. The summed E-state index contributed by atoms with van der Waals surface area (Å²) in [6.07, 6.45) is 6.10. The van der Waals surface area contributed by atoms with Crippen molar-refractivity contribution < 1.29 is 9.90 Å². The number of nitrogens with one attached hydrogen (secondary N) is 1. The molecule has 1 aliphatic carbocycles. The van der Waals surface area contributed by atoms with Gasteiger partial charge in [-0.2, -0.15) is 0 Å². The van der Waals surface area contributed by atoms with Crippen LogP contribution in [0, 0.1) is 0 Å². The van der Waals surface area contributed by atoms with Crippen LogP contribution >= 0.6 is 23.7 Å². The number of nitrogens with zero attached hydrogens (tertiary/aromatic N) is 2. The minimum atomic E-state index is -1.20. The summed E-state index contributed by atoms with van der Waals surface area (Å²) in [4.78, 5) is 55.6. The number of benzene rings is 1. The van der Waals surface area contributed by atoms with Crippen molar-refractivity contribution in [3.63, 3.8) is 0 Å². The molecule has 0 spiro atoms. The van der Waals surface area contributed by atoms with Crippen molar-refractivity contribution in [2.24, 2.45) is 5.73 Å². The zero-order valence-electron chi connectivity index (χ0n) is 20.5. The lowest BCUT2D eigenvalue weighted by atomic mass is 9.96. The van der Waals surface area contributed by atoms with Crippen LogP contribution in [0.1, 0.15) is 57.0 Å². The highest BCUT2D eigenvalue weighted by atomic mass is 35.5. The van der Waals surface area contributed by atoms with Crippen LogP contribution in [0.3, 0.4) is 0 Å². The number of carboxylic acids is 1. The number of aromatic carboxylic acids is 1. The number of thiophene rings is 1. The molecular formula is C26H28ClN5O5S. The molecule has 2 aromatic carbocycles. The van der Waals surface area contributed by atoms with Crippen molar-refractivity contribution in [3.8, 4) is 0 Å². The highest BCUT2D eigenvalue weighted by Crippen LogP contribution is 2.32. The van der Waals surface area contributed by atoms with Gasteiger partial charge in [0.2, 0.25) is 5.82 Å². The summed E-state index contributed by atoms with van der Waals surface area (Å²) < 4.78 is 0. The summed E-state index contributed by atoms with van der Waals surface area (Å²) in [6.45, 7) is 1.82. The highest BCUT2D eigenvalue weighted by molar-refractivity contribution is 7.18. The molecule has 0 atom stereocenters. The molecule has 0 unspecified atom stereocenters. The first-order chi connectivity index (χ1) is 17.8. The number of anilines is 2. The van der Waals surface area contributed by atoms with Crippen LogP contribution < -0.4 is 32.8 Å². The van der Waals surface area contributed by atoms with Gasteiger partial charge in [0.05, 0.1) is 5.39 Å². The summed E-state index contributed by atoms with van der Waals surface area (Å²) in [5.74, 6) is -1.47. The predicted octanol–water partition coefficient (Wildman–Crippen LogP) is 2.26. The van der Waals surface area contributed by atoms with E-state index in [-0.39, 0.29) is 29.5 Å². The third kappa shape index (κ3) is 4.96. The van der Waals surface area contributed by atoms with Gasteiger partial charge in [-0.15, -0.1) is 23.7 Å². The fraction of sp³-hybridized carbons (Fsp3) is 0.346. The zero-order chi connectivity index (χ0) is 26.3. The molecule has 0 radical (unpaired) electrons. The Kier molecular flexibility index (Phi) is 8.00. The van der Waals surface area contributed by atoms with Crippen LogP contribution in [0.25, 0.3) is 10.2 Å². The van der Waals surface area contributed by atoms with E-state index in [4.69, 9.17) is 16.6 Å². The zero-order valence-corrected chi connectivity index (χ0v) is 22.2. The summed E-state index contributed by atoms with van der Waals surface area (Å²) in [5.41, 5.74) is 15.0. The molecule has 0 bridgehead atoms. The number of aromatic amines is 1. The topological polar surface area (TPSA) is 172 Å². The van der Waals surface area contributed by atoms with E-state index in [1.54, 1.807) is 0 Å². The van der Waals surface area contributed by atoms with Crippen molar-refractivity contribution in [1.82, 2.24) is 9.97 Å². The van der Waals surface area contributed by atoms with Gasteiger partial charge in [-0.25, -0.2) is 9.78 Å². The molecule has 0 fully saturated rings. The molecule has 0 amide bonds. The lowest BCUT2D eigenvalue weighted by molar-refractivity contribution is 0.0683. The molecule has 4 aromatic rings. The number of halogens is 1. The van der Waals surface area contributed by atoms with Gasteiger partial charge in [-0.05, 0) is 54.4 Å². The van der Waals surface area contributed by atoms with Gasteiger partial charge in [0.1, 0.15) is 16.2 Å². The second-order valence-corrected chi connectivity index (χ2v) is 10.4. The van der Waals surface area contributed by atoms with Crippen LogP contribution in [-0.2, 0) is 32.4 Å². The van der Waals surface area contributed by atoms with E-state index >= 15 is 0 Å². The number of aryl methyl sites for hydroxylation is 2. The number of fused-ring (bicyclic) bond motifs is 4. The Morgan fingerprint density at radius 3 is 2.55 bits per heavy atom. The van der Waals surface area contributed by atoms with E-state index in [2.05, 4.69) is 22.1 Å². The number of hydrogen-bond donors (Lipinski definition) is 4. The third-order valence-electron chi connectivity index (χ3n) is 7.03. The number of nitrogens with two attached hydrogens (primary N) is 2. The largest absolute Gasteiger partial charge is 0.475 e. The van der Waals surface area contributed by atoms with Gasteiger partial charge >= 0.3 is 5.97 Å². The first-order valence-electron chi connectivity index (χ1n) is 12.2. The molecular weight excluding hydrogens is 530 g/mol. The van der Waals surface area contributed by atoms with Gasteiger partial charge in [-0.3, -0.25) is 14.4 Å². The van der Waals surface area contributed by atoms with E-state index in [9.17, 15) is 19.2 Å². The van der Waals surface area contributed by atoms with E-state index in [1.165, 1.54) is 28.2 Å². The Hall–Kier alpha value is -3.54. The fourth-order valence-electron chi connectivity index (χ4n) is 5.08.